The van der Waals surface area contributed by atoms with Crippen molar-refractivity contribution in [3.05, 3.63) is 47.2 Å². The normalized spacial score (nSPS) is 11.1. The summed E-state index contributed by atoms with van der Waals surface area (Å²) < 4.78 is 2.10. The van der Waals surface area contributed by atoms with E-state index in [1.807, 2.05) is 0 Å². The van der Waals surface area contributed by atoms with Gasteiger partial charge in [-0.15, -0.1) is 0 Å². The molecule has 0 amide bonds. The standard InChI is InChI=1S/C18H27N3/c1-5-9-19-18-12-17(10-14(2)3)20-21(18)13-16-8-6-7-15(4)11-16/h6-8,11-12,14,19H,5,9-10,13H2,1-4H3. The molecule has 114 valence electrons. The average Bonchev–Trinajstić information content (AvgIpc) is 2.77. The number of hydrogen-bond acceptors (Lipinski definition) is 2. The summed E-state index contributed by atoms with van der Waals surface area (Å²) in [7, 11) is 0. The summed E-state index contributed by atoms with van der Waals surface area (Å²) in [6, 6.07) is 10.8. The molecule has 0 saturated heterocycles. The molecule has 3 nitrogen and oxygen atoms in total. The Kier molecular flexibility index (Phi) is 5.43. The quantitative estimate of drug-likeness (QED) is 0.823. The third-order valence-corrected chi connectivity index (χ3v) is 3.42. The number of rotatable bonds is 7. The third kappa shape index (κ3) is 4.62. The Labute approximate surface area is 128 Å². The van der Waals surface area contributed by atoms with Crippen molar-refractivity contribution in [3.8, 4) is 0 Å². The van der Waals surface area contributed by atoms with Crippen molar-refractivity contribution in [3.63, 3.8) is 0 Å². The first-order chi connectivity index (χ1) is 10.1. The molecule has 21 heavy (non-hydrogen) atoms. The summed E-state index contributed by atoms with van der Waals surface area (Å²) in [5.74, 6) is 1.76. The molecule has 0 saturated carbocycles. The molecule has 0 bridgehead atoms. The van der Waals surface area contributed by atoms with E-state index in [2.05, 4.69) is 68.0 Å². The minimum Gasteiger partial charge on any atom is -0.370 e. The molecule has 1 aromatic heterocycles. The highest BCUT2D eigenvalue weighted by Crippen LogP contribution is 2.16. The van der Waals surface area contributed by atoms with Gasteiger partial charge in [-0.1, -0.05) is 50.6 Å². The highest BCUT2D eigenvalue weighted by atomic mass is 15.3. The van der Waals surface area contributed by atoms with Crippen LogP contribution in [0.25, 0.3) is 0 Å². The van der Waals surface area contributed by atoms with Gasteiger partial charge in [-0.2, -0.15) is 5.10 Å². The number of nitrogens with zero attached hydrogens (tertiary/aromatic N) is 2. The molecule has 0 radical (unpaired) electrons. The summed E-state index contributed by atoms with van der Waals surface area (Å²) in [5.41, 5.74) is 3.77. The summed E-state index contributed by atoms with van der Waals surface area (Å²) in [6.45, 7) is 10.6. The van der Waals surface area contributed by atoms with Gasteiger partial charge in [0.1, 0.15) is 5.82 Å². The van der Waals surface area contributed by atoms with Crippen LogP contribution in [0.4, 0.5) is 5.82 Å². The molecular weight excluding hydrogens is 258 g/mol. The van der Waals surface area contributed by atoms with Crippen molar-refractivity contribution in [2.24, 2.45) is 5.92 Å². The number of benzene rings is 1. The highest BCUT2D eigenvalue weighted by Gasteiger charge is 2.09. The number of hydrogen-bond donors (Lipinski definition) is 1. The van der Waals surface area contributed by atoms with Crippen molar-refractivity contribution < 1.29 is 0 Å². The van der Waals surface area contributed by atoms with Crippen molar-refractivity contribution in [1.29, 1.82) is 0 Å². The fourth-order valence-electron chi connectivity index (χ4n) is 2.49. The van der Waals surface area contributed by atoms with Crippen LogP contribution < -0.4 is 5.32 Å². The van der Waals surface area contributed by atoms with Gasteiger partial charge < -0.3 is 5.32 Å². The maximum Gasteiger partial charge on any atom is 0.124 e. The van der Waals surface area contributed by atoms with Crippen LogP contribution in [0.1, 0.15) is 44.0 Å². The molecule has 0 aliphatic heterocycles. The van der Waals surface area contributed by atoms with Crippen molar-refractivity contribution in [2.45, 2.75) is 47.1 Å². The summed E-state index contributed by atoms with van der Waals surface area (Å²) in [5, 5.41) is 8.27. The molecule has 1 N–H and O–H groups in total. The van der Waals surface area contributed by atoms with E-state index in [0.717, 1.165) is 31.7 Å². The zero-order valence-corrected chi connectivity index (χ0v) is 13.7. The first kappa shape index (κ1) is 15.6. The monoisotopic (exact) mass is 285 g/mol. The maximum atomic E-state index is 4.78. The van der Waals surface area contributed by atoms with Crippen molar-refractivity contribution >= 4 is 5.82 Å². The Morgan fingerprint density at radius 1 is 1.24 bits per heavy atom. The SMILES string of the molecule is CCCNc1cc(CC(C)C)nn1Cc1cccc(C)c1. The summed E-state index contributed by atoms with van der Waals surface area (Å²) >= 11 is 0. The minimum absolute atomic E-state index is 0.631. The zero-order chi connectivity index (χ0) is 15.2. The van der Waals surface area contributed by atoms with Crippen LogP contribution in [-0.2, 0) is 13.0 Å². The Balaban J connectivity index is 2.20. The van der Waals surface area contributed by atoms with E-state index >= 15 is 0 Å². The molecule has 0 aliphatic rings. The van der Waals surface area contributed by atoms with Gasteiger partial charge in [0, 0.05) is 12.6 Å². The third-order valence-electron chi connectivity index (χ3n) is 3.42. The molecule has 1 heterocycles. The summed E-state index contributed by atoms with van der Waals surface area (Å²) in [6.07, 6.45) is 2.15. The van der Waals surface area contributed by atoms with Gasteiger partial charge in [0.2, 0.25) is 0 Å². The first-order valence-corrected chi connectivity index (χ1v) is 7.94. The van der Waals surface area contributed by atoms with E-state index in [9.17, 15) is 0 Å². The van der Waals surface area contributed by atoms with Gasteiger partial charge in [0.25, 0.3) is 0 Å². The van der Waals surface area contributed by atoms with Crippen LogP contribution in [0.3, 0.4) is 0 Å². The van der Waals surface area contributed by atoms with Gasteiger partial charge in [-0.25, -0.2) is 4.68 Å². The molecular formula is C18H27N3. The van der Waals surface area contributed by atoms with Crippen molar-refractivity contribution in [2.75, 3.05) is 11.9 Å². The molecule has 0 unspecified atom stereocenters. The molecule has 0 aliphatic carbocycles. The minimum atomic E-state index is 0.631. The lowest BCUT2D eigenvalue weighted by Crippen LogP contribution is -2.09. The van der Waals surface area contributed by atoms with E-state index in [1.165, 1.54) is 16.8 Å². The second kappa shape index (κ2) is 7.30. The van der Waals surface area contributed by atoms with E-state index in [4.69, 9.17) is 5.10 Å². The predicted octanol–water partition coefficient (Wildman–Crippen LogP) is 4.26. The predicted molar refractivity (Wildman–Crippen MR) is 89.8 cm³/mol. The van der Waals surface area contributed by atoms with Gasteiger partial charge in [0.05, 0.1) is 12.2 Å². The number of nitrogens with one attached hydrogen (secondary N) is 1. The zero-order valence-electron chi connectivity index (χ0n) is 13.7. The van der Waals surface area contributed by atoms with E-state index in [-0.39, 0.29) is 0 Å². The van der Waals surface area contributed by atoms with E-state index in [0.29, 0.717) is 5.92 Å². The van der Waals surface area contributed by atoms with E-state index in [1.54, 1.807) is 0 Å². The van der Waals surface area contributed by atoms with Crippen LogP contribution in [-0.4, -0.2) is 16.3 Å². The smallest absolute Gasteiger partial charge is 0.124 e. The van der Waals surface area contributed by atoms with Gasteiger partial charge in [0.15, 0.2) is 0 Å². The van der Waals surface area contributed by atoms with Crippen LogP contribution in [0.5, 0.6) is 0 Å². The maximum absolute atomic E-state index is 4.78. The number of aromatic nitrogens is 2. The van der Waals surface area contributed by atoms with Crippen LogP contribution in [0, 0.1) is 12.8 Å². The van der Waals surface area contributed by atoms with Crippen molar-refractivity contribution in [1.82, 2.24) is 9.78 Å². The summed E-state index contributed by atoms with van der Waals surface area (Å²) in [4.78, 5) is 0. The molecule has 0 atom stereocenters. The van der Waals surface area contributed by atoms with Crippen LogP contribution in [0.2, 0.25) is 0 Å². The lowest BCUT2D eigenvalue weighted by atomic mass is 10.1. The molecule has 2 aromatic rings. The fraction of sp³-hybridized carbons (Fsp3) is 0.500. The molecule has 0 spiro atoms. The fourth-order valence-corrected chi connectivity index (χ4v) is 2.49. The second-order valence-corrected chi connectivity index (χ2v) is 6.19. The Morgan fingerprint density at radius 3 is 2.71 bits per heavy atom. The molecule has 3 heteroatoms. The van der Waals surface area contributed by atoms with Gasteiger partial charge in [-0.3, -0.25) is 0 Å². The molecule has 1 aromatic carbocycles. The lowest BCUT2D eigenvalue weighted by Gasteiger charge is -2.09. The molecule has 2 rings (SSSR count). The average molecular weight is 285 g/mol. The van der Waals surface area contributed by atoms with Gasteiger partial charge >= 0.3 is 0 Å². The lowest BCUT2D eigenvalue weighted by molar-refractivity contribution is 0.609. The highest BCUT2D eigenvalue weighted by molar-refractivity contribution is 5.38. The topological polar surface area (TPSA) is 29.9 Å². The number of aryl methyl sites for hydroxylation is 1. The number of anilines is 1. The van der Waals surface area contributed by atoms with Crippen LogP contribution in [0.15, 0.2) is 30.3 Å². The van der Waals surface area contributed by atoms with Gasteiger partial charge in [-0.05, 0) is 31.2 Å². The largest absolute Gasteiger partial charge is 0.370 e. The Bertz CT molecular complexity index is 570. The van der Waals surface area contributed by atoms with Crippen LogP contribution >= 0.6 is 0 Å². The first-order valence-electron chi connectivity index (χ1n) is 7.94. The Hall–Kier alpha value is -1.77. The van der Waals surface area contributed by atoms with E-state index < -0.39 is 0 Å². The Morgan fingerprint density at radius 2 is 2.05 bits per heavy atom. The second-order valence-electron chi connectivity index (χ2n) is 6.19. The molecule has 0 fully saturated rings.